The molecule has 12 heavy (non-hydrogen) atoms. The number of aliphatic hydroxyl groups excluding tert-OH is 2. The normalized spacial score (nSPS) is 13.2. The smallest absolute Gasteiger partial charge is 0.104 e. The number of nitrogens with one attached hydrogen (secondary N) is 1. The summed E-state index contributed by atoms with van der Waals surface area (Å²) in [6, 6.07) is 0. The van der Waals surface area contributed by atoms with Crippen molar-refractivity contribution in [1.82, 2.24) is 5.32 Å². The predicted molar refractivity (Wildman–Crippen MR) is 46.8 cm³/mol. The van der Waals surface area contributed by atoms with Crippen LogP contribution in [0.4, 0.5) is 0 Å². The summed E-state index contributed by atoms with van der Waals surface area (Å²) >= 11 is 0. The third kappa shape index (κ3) is 7.94. The summed E-state index contributed by atoms with van der Waals surface area (Å²) in [5, 5.41) is 20.2. The summed E-state index contributed by atoms with van der Waals surface area (Å²) in [7, 11) is 1.72. The van der Waals surface area contributed by atoms with Crippen LogP contribution in [0.25, 0.3) is 0 Å². The fourth-order valence-corrected chi connectivity index (χ4v) is 0.792. The molecule has 0 aromatic heterocycles. The quantitative estimate of drug-likeness (QED) is 0.352. The van der Waals surface area contributed by atoms with Crippen molar-refractivity contribution in [1.29, 1.82) is 0 Å². The molecule has 0 aliphatic carbocycles. The first-order valence-corrected chi connectivity index (χ1v) is 4.35. The van der Waals surface area contributed by atoms with E-state index in [4.69, 9.17) is 14.9 Å². The molecule has 4 nitrogen and oxygen atoms in total. The van der Waals surface area contributed by atoms with Crippen molar-refractivity contribution in [3.8, 4) is 0 Å². The van der Waals surface area contributed by atoms with Gasteiger partial charge < -0.3 is 14.9 Å². The van der Waals surface area contributed by atoms with Crippen LogP contribution in [0.15, 0.2) is 0 Å². The second-order valence-electron chi connectivity index (χ2n) is 2.64. The molecule has 4 heteroatoms. The number of hydrogen-bond donors (Lipinski definition) is 3. The summed E-state index contributed by atoms with van der Waals surface area (Å²) in [5.41, 5.74) is 0. The number of rotatable bonds is 8. The van der Waals surface area contributed by atoms with Gasteiger partial charge in [-0.05, 0) is 26.3 Å². The van der Waals surface area contributed by atoms with Crippen LogP contribution in [0.5, 0.6) is 0 Å². The van der Waals surface area contributed by atoms with Crippen LogP contribution in [0.2, 0.25) is 0 Å². The molecule has 0 aromatic carbocycles. The second kappa shape index (κ2) is 8.93. The highest BCUT2D eigenvalue weighted by Gasteiger charge is 1.98. The van der Waals surface area contributed by atoms with Crippen molar-refractivity contribution < 1.29 is 14.9 Å². The molecule has 0 saturated heterocycles. The van der Waals surface area contributed by atoms with E-state index in [-0.39, 0.29) is 6.61 Å². The van der Waals surface area contributed by atoms with Crippen molar-refractivity contribution in [3.05, 3.63) is 0 Å². The SMILES string of the molecule is CNC(O)CCCOCCCO. The molecule has 0 amide bonds. The van der Waals surface area contributed by atoms with Gasteiger partial charge in [0.2, 0.25) is 0 Å². The Bertz CT molecular complexity index is 90.4. The van der Waals surface area contributed by atoms with Crippen molar-refractivity contribution in [2.24, 2.45) is 0 Å². The maximum Gasteiger partial charge on any atom is 0.104 e. The Balaban J connectivity index is 2.90. The predicted octanol–water partition coefficient (Wildman–Crippen LogP) is -0.297. The number of aliphatic hydroxyl groups is 2. The molecule has 74 valence electrons. The first-order chi connectivity index (χ1) is 5.81. The zero-order chi connectivity index (χ0) is 9.23. The average molecular weight is 177 g/mol. The van der Waals surface area contributed by atoms with Gasteiger partial charge in [0.1, 0.15) is 6.23 Å². The third-order valence-electron chi connectivity index (χ3n) is 1.55. The lowest BCUT2D eigenvalue weighted by Gasteiger charge is -2.08. The molecule has 0 bridgehead atoms. The maximum absolute atomic E-state index is 9.05. The molecular formula is C8H19NO3. The third-order valence-corrected chi connectivity index (χ3v) is 1.55. The zero-order valence-electron chi connectivity index (χ0n) is 7.62. The van der Waals surface area contributed by atoms with E-state index in [0.717, 1.165) is 6.42 Å². The zero-order valence-corrected chi connectivity index (χ0v) is 7.62. The minimum Gasteiger partial charge on any atom is -0.396 e. The molecule has 0 fully saturated rings. The molecular weight excluding hydrogens is 158 g/mol. The van der Waals surface area contributed by atoms with Gasteiger partial charge in [-0.15, -0.1) is 0 Å². The average Bonchev–Trinajstić information content (AvgIpc) is 2.10. The number of hydrogen-bond acceptors (Lipinski definition) is 4. The van der Waals surface area contributed by atoms with E-state index in [1.165, 1.54) is 0 Å². The Hall–Kier alpha value is -0.160. The highest BCUT2D eigenvalue weighted by Crippen LogP contribution is 1.94. The van der Waals surface area contributed by atoms with Crippen LogP contribution in [0, 0.1) is 0 Å². The van der Waals surface area contributed by atoms with Gasteiger partial charge in [0, 0.05) is 19.8 Å². The van der Waals surface area contributed by atoms with Crippen LogP contribution >= 0.6 is 0 Å². The molecule has 0 aliphatic heterocycles. The second-order valence-corrected chi connectivity index (χ2v) is 2.64. The molecule has 0 aliphatic rings. The Labute approximate surface area is 73.5 Å². The molecule has 0 rings (SSSR count). The van der Waals surface area contributed by atoms with Crippen LogP contribution in [0.3, 0.4) is 0 Å². The molecule has 0 spiro atoms. The topological polar surface area (TPSA) is 61.7 Å². The van der Waals surface area contributed by atoms with Gasteiger partial charge in [0.05, 0.1) is 0 Å². The minimum atomic E-state index is -0.425. The van der Waals surface area contributed by atoms with Gasteiger partial charge in [-0.3, -0.25) is 5.32 Å². The highest BCUT2D eigenvalue weighted by molar-refractivity contribution is 4.48. The van der Waals surface area contributed by atoms with Gasteiger partial charge in [-0.25, -0.2) is 0 Å². The van der Waals surface area contributed by atoms with E-state index < -0.39 is 6.23 Å². The van der Waals surface area contributed by atoms with Crippen LogP contribution in [0.1, 0.15) is 19.3 Å². The summed E-state index contributed by atoms with van der Waals surface area (Å²) in [6.45, 7) is 1.43. The Morgan fingerprint density at radius 2 is 2.00 bits per heavy atom. The van der Waals surface area contributed by atoms with Crippen molar-refractivity contribution in [2.75, 3.05) is 26.9 Å². The van der Waals surface area contributed by atoms with Crippen molar-refractivity contribution in [2.45, 2.75) is 25.5 Å². The van der Waals surface area contributed by atoms with E-state index in [1.807, 2.05) is 0 Å². The summed E-state index contributed by atoms with van der Waals surface area (Å²) < 4.78 is 5.17. The molecule has 0 aromatic rings. The van der Waals surface area contributed by atoms with E-state index in [2.05, 4.69) is 5.32 Å². The molecule has 0 saturated carbocycles. The molecule has 0 heterocycles. The van der Waals surface area contributed by atoms with E-state index >= 15 is 0 Å². The summed E-state index contributed by atoms with van der Waals surface area (Å²) in [6.07, 6.45) is 1.81. The van der Waals surface area contributed by atoms with Gasteiger partial charge in [0.25, 0.3) is 0 Å². The fourth-order valence-electron chi connectivity index (χ4n) is 0.792. The van der Waals surface area contributed by atoms with Gasteiger partial charge >= 0.3 is 0 Å². The Morgan fingerprint density at radius 3 is 2.58 bits per heavy atom. The summed E-state index contributed by atoms with van der Waals surface area (Å²) in [4.78, 5) is 0. The van der Waals surface area contributed by atoms with Gasteiger partial charge in [-0.2, -0.15) is 0 Å². The lowest BCUT2D eigenvalue weighted by atomic mass is 10.3. The molecule has 3 N–H and O–H groups in total. The lowest BCUT2D eigenvalue weighted by Crippen LogP contribution is -2.24. The van der Waals surface area contributed by atoms with E-state index in [0.29, 0.717) is 26.1 Å². The van der Waals surface area contributed by atoms with Crippen molar-refractivity contribution in [3.63, 3.8) is 0 Å². The van der Waals surface area contributed by atoms with Crippen LogP contribution in [-0.4, -0.2) is 43.3 Å². The monoisotopic (exact) mass is 177 g/mol. The van der Waals surface area contributed by atoms with Crippen LogP contribution in [-0.2, 0) is 4.74 Å². The van der Waals surface area contributed by atoms with E-state index in [9.17, 15) is 0 Å². The minimum absolute atomic E-state index is 0.180. The van der Waals surface area contributed by atoms with Crippen LogP contribution < -0.4 is 5.32 Å². The standard InChI is InChI=1S/C8H19NO3/c1-9-8(11)4-2-6-12-7-3-5-10/h8-11H,2-7H2,1H3. The molecule has 0 radical (unpaired) electrons. The van der Waals surface area contributed by atoms with Gasteiger partial charge in [0.15, 0.2) is 0 Å². The largest absolute Gasteiger partial charge is 0.396 e. The summed E-state index contributed by atoms with van der Waals surface area (Å²) in [5.74, 6) is 0. The Morgan fingerprint density at radius 1 is 1.33 bits per heavy atom. The van der Waals surface area contributed by atoms with E-state index in [1.54, 1.807) is 7.05 Å². The maximum atomic E-state index is 9.05. The van der Waals surface area contributed by atoms with Crippen molar-refractivity contribution >= 4 is 0 Å². The first-order valence-electron chi connectivity index (χ1n) is 4.35. The number of ether oxygens (including phenoxy) is 1. The Kier molecular flexibility index (Phi) is 8.81. The molecule has 1 unspecified atom stereocenters. The first kappa shape index (κ1) is 11.8. The fraction of sp³-hybridized carbons (Fsp3) is 1.00. The van der Waals surface area contributed by atoms with Gasteiger partial charge in [-0.1, -0.05) is 0 Å². The highest BCUT2D eigenvalue weighted by atomic mass is 16.5. The lowest BCUT2D eigenvalue weighted by molar-refractivity contribution is 0.0881. The molecule has 1 atom stereocenters.